The Balaban J connectivity index is 2.88. The molecule has 0 bridgehead atoms. The van der Waals surface area contributed by atoms with Crippen LogP contribution in [0.2, 0.25) is 0 Å². The molecule has 1 rings (SSSR count). The lowest BCUT2D eigenvalue weighted by Crippen LogP contribution is -2.06. The lowest BCUT2D eigenvalue weighted by Gasteiger charge is -2.07. The minimum Gasteiger partial charge on any atom is -0.328 e. The second-order valence-corrected chi connectivity index (χ2v) is 5.01. The van der Waals surface area contributed by atoms with E-state index in [-0.39, 0.29) is 0 Å². The minimum absolute atomic E-state index is 0.500. The number of aryl methyl sites for hydroxylation is 1. The third kappa shape index (κ3) is 3.23. The van der Waals surface area contributed by atoms with Gasteiger partial charge in [0.15, 0.2) is 0 Å². The fourth-order valence-electron chi connectivity index (χ4n) is 1.25. The first-order valence-electron chi connectivity index (χ1n) is 4.60. The van der Waals surface area contributed by atoms with Crippen molar-refractivity contribution in [1.29, 1.82) is 0 Å². The van der Waals surface area contributed by atoms with Crippen molar-refractivity contribution in [3.8, 4) is 0 Å². The highest BCUT2D eigenvalue weighted by molar-refractivity contribution is 9.09. The Morgan fingerprint density at radius 1 is 1.43 bits per heavy atom. The third-order valence-electron chi connectivity index (χ3n) is 1.88. The maximum atomic E-state index is 11.7. The van der Waals surface area contributed by atoms with Crippen molar-refractivity contribution < 1.29 is 9.09 Å². The summed E-state index contributed by atoms with van der Waals surface area (Å²) in [5.74, 6) is 0. The second kappa shape index (κ2) is 6.39. The summed E-state index contributed by atoms with van der Waals surface area (Å²) in [4.78, 5) is 0. The van der Waals surface area contributed by atoms with Gasteiger partial charge in [0.1, 0.15) is 0 Å². The third-order valence-corrected chi connectivity index (χ3v) is 3.75. The summed E-state index contributed by atoms with van der Waals surface area (Å²) in [5.41, 5.74) is 1.11. The van der Waals surface area contributed by atoms with Crippen LogP contribution in [-0.2, 0) is 15.5 Å². The molecule has 78 valence electrons. The molecule has 0 heterocycles. The molecule has 1 aromatic carbocycles. The number of halogens is 1. The first-order valence-corrected chi connectivity index (χ1v) is 7.04. The molecule has 1 atom stereocenters. The highest BCUT2D eigenvalue weighted by Crippen LogP contribution is 2.23. The molecular weight excluding hydrogens is 263 g/mol. The standard InChI is InChI=1S/C10H14BrO2P/c1-2-13-14(12)10-6-4-3-5-9(10)7-8-11/h3-6,14H,2,7-8H2,1H3. The van der Waals surface area contributed by atoms with Gasteiger partial charge in [-0.2, -0.15) is 0 Å². The summed E-state index contributed by atoms with van der Waals surface area (Å²) >= 11 is 3.38. The van der Waals surface area contributed by atoms with E-state index >= 15 is 0 Å². The van der Waals surface area contributed by atoms with Crippen molar-refractivity contribution in [1.82, 2.24) is 0 Å². The second-order valence-electron chi connectivity index (χ2n) is 2.82. The number of hydrogen-bond donors (Lipinski definition) is 0. The van der Waals surface area contributed by atoms with Crippen LogP contribution in [0.4, 0.5) is 0 Å². The van der Waals surface area contributed by atoms with Crippen LogP contribution in [0.5, 0.6) is 0 Å². The first kappa shape index (κ1) is 12.0. The molecule has 0 aliphatic rings. The molecule has 0 aliphatic carbocycles. The fourth-order valence-corrected chi connectivity index (χ4v) is 2.80. The number of hydrogen-bond acceptors (Lipinski definition) is 2. The molecule has 0 radical (unpaired) electrons. The molecular formula is C10H14BrO2P. The molecule has 0 saturated carbocycles. The highest BCUT2D eigenvalue weighted by atomic mass is 79.9. The van der Waals surface area contributed by atoms with E-state index in [4.69, 9.17) is 4.52 Å². The van der Waals surface area contributed by atoms with E-state index in [9.17, 15) is 4.57 Å². The fraction of sp³-hybridized carbons (Fsp3) is 0.400. The summed E-state index contributed by atoms with van der Waals surface area (Å²) in [6.07, 6.45) is 0.889. The average molecular weight is 277 g/mol. The zero-order valence-corrected chi connectivity index (χ0v) is 10.7. The lowest BCUT2D eigenvalue weighted by molar-refractivity contribution is 0.357. The van der Waals surface area contributed by atoms with E-state index in [0.717, 1.165) is 22.6 Å². The normalized spacial score (nSPS) is 12.7. The summed E-state index contributed by atoms with van der Waals surface area (Å²) in [6.45, 7) is 2.36. The van der Waals surface area contributed by atoms with Crippen LogP contribution in [-0.4, -0.2) is 11.9 Å². The molecule has 2 nitrogen and oxygen atoms in total. The summed E-state index contributed by atoms with van der Waals surface area (Å²) in [5, 5.41) is 1.74. The van der Waals surface area contributed by atoms with Crippen molar-refractivity contribution >= 4 is 29.3 Å². The van der Waals surface area contributed by atoms with Crippen LogP contribution >= 0.6 is 24.0 Å². The first-order chi connectivity index (χ1) is 6.79. The monoisotopic (exact) mass is 276 g/mol. The maximum Gasteiger partial charge on any atom is 0.220 e. The van der Waals surface area contributed by atoms with Crippen molar-refractivity contribution in [3.05, 3.63) is 29.8 Å². The minimum atomic E-state index is -2.04. The zero-order chi connectivity index (χ0) is 10.4. The van der Waals surface area contributed by atoms with Gasteiger partial charge in [-0.25, -0.2) is 0 Å². The molecule has 0 aliphatic heterocycles. The molecule has 0 aromatic heterocycles. The van der Waals surface area contributed by atoms with E-state index in [1.165, 1.54) is 0 Å². The Morgan fingerprint density at radius 2 is 2.14 bits per heavy atom. The van der Waals surface area contributed by atoms with Crippen LogP contribution in [0.1, 0.15) is 12.5 Å². The molecule has 0 spiro atoms. The number of benzene rings is 1. The Labute approximate surface area is 93.7 Å². The van der Waals surface area contributed by atoms with Gasteiger partial charge in [0, 0.05) is 10.6 Å². The van der Waals surface area contributed by atoms with Gasteiger partial charge in [-0.3, -0.25) is 4.57 Å². The quantitative estimate of drug-likeness (QED) is 0.611. The average Bonchev–Trinajstić information content (AvgIpc) is 2.19. The van der Waals surface area contributed by atoms with Gasteiger partial charge in [-0.05, 0) is 25.0 Å². The predicted octanol–water partition coefficient (Wildman–Crippen LogP) is 2.76. The zero-order valence-electron chi connectivity index (χ0n) is 8.13. The van der Waals surface area contributed by atoms with Gasteiger partial charge < -0.3 is 4.52 Å². The Kier molecular flexibility index (Phi) is 5.46. The van der Waals surface area contributed by atoms with Gasteiger partial charge in [0.25, 0.3) is 0 Å². The molecule has 0 saturated heterocycles. The molecule has 1 aromatic rings. The van der Waals surface area contributed by atoms with Crippen molar-refractivity contribution in [2.45, 2.75) is 13.3 Å². The van der Waals surface area contributed by atoms with Gasteiger partial charge in [-0.1, -0.05) is 34.1 Å². The van der Waals surface area contributed by atoms with Gasteiger partial charge >= 0.3 is 0 Å². The number of rotatable bonds is 5. The Morgan fingerprint density at radius 3 is 2.79 bits per heavy atom. The largest absolute Gasteiger partial charge is 0.328 e. The van der Waals surface area contributed by atoms with E-state index in [2.05, 4.69) is 15.9 Å². The summed E-state index contributed by atoms with van der Waals surface area (Å²) < 4.78 is 16.8. The lowest BCUT2D eigenvalue weighted by atomic mass is 10.2. The van der Waals surface area contributed by atoms with E-state index in [1.54, 1.807) is 0 Å². The van der Waals surface area contributed by atoms with E-state index in [0.29, 0.717) is 6.61 Å². The van der Waals surface area contributed by atoms with E-state index in [1.807, 2.05) is 31.2 Å². The SMILES string of the molecule is CCO[PH](=O)c1ccccc1CCBr. The molecule has 4 heteroatoms. The van der Waals surface area contributed by atoms with Gasteiger partial charge in [0.2, 0.25) is 8.03 Å². The maximum absolute atomic E-state index is 11.7. The van der Waals surface area contributed by atoms with E-state index < -0.39 is 8.03 Å². The van der Waals surface area contributed by atoms with Crippen molar-refractivity contribution in [3.63, 3.8) is 0 Å². The van der Waals surface area contributed by atoms with Crippen LogP contribution in [0.25, 0.3) is 0 Å². The Bertz CT molecular complexity index is 315. The molecule has 0 amide bonds. The topological polar surface area (TPSA) is 26.3 Å². The van der Waals surface area contributed by atoms with Gasteiger partial charge in [0.05, 0.1) is 6.61 Å². The highest BCUT2D eigenvalue weighted by Gasteiger charge is 2.07. The Hall–Kier alpha value is -0.110. The smallest absolute Gasteiger partial charge is 0.220 e. The molecule has 1 unspecified atom stereocenters. The van der Waals surface area contributed by atoms with Crippen LogP contribution < -0.4 is 5.30 Å². The van der Waals surface area contributed by atoms with Gasteiger partial charge in [-0.15, -0.1) is 0 Å². The molecule has 0 fully saturated rings. The predicted molar refractivity (Wildman–Crippen MR) is 64.2 cm³/mol. The van der Waals surface area contributed by atoms with Crippen LogP contribution in [0.3, 0.4) is 0 Å². The van der Waals surface area contributed by atoms with Crippen LogP contribution in [0.15, 0.2) is 24.3 Å². The molecule has 14 heavy (non-hydrogen) atoms. The number of alkyl halides is 1. The van der Waals surface area contributed by atoms with Crippen LogP contribution in [0, 0.1) is 0 Å². The summed E-state index contributed by atoms with van der Waals surface area (Å²) in [6, 6.07) is 7.74. The molecule has 0 N–H and O–H groups in total. The van der Waals surface area contributed by atoms with Crippen molar-refractivity contribution in [2.24, 2.45) is 0 Å². The summed E-state index contributed by atoms with van der Waals surface area (Å²) in [7, 11) is -2.04. The van der Waals surface area contributed by atoms with Crippen molar-refractivity contribution in [2.75, 3.05) is 11.9 Å².